The smallest absolute Gasteiger partial charge is 0.303 e. The number of carboxylic acids is 1. The number of carbonyl (C=O) groups excluding carboxylic acids is 1. The summed E-state index contributed by atoms with van der Waals surface area (Å²) in [6.45, 7) is 1.00. The number of amides is 1. The molecule has 0 spiro atoms. The van der Waals surface area contributed by atoms with Gasteiger partial charge in [-0.2, -0.15) is 4.57 Å². The number of aryl methyl sites for hydroxylation is 2. The molecule has 0 bridgehead atoms. The zero-order chi connectivity index (χ0) is 27.4. The van der Waals surface area contributed by atoms with Crippen LogP contribution in [0.25, 0.3) is 16.6 Å². The van der Waals surface area contributed by atoms with Gasteiger partial charge in [-0.15, -0.1) is 0 Å². The number of benzene rings is 1. The minimum atomic E-state index is -0.800. The molecule has 2 aliphatic rings. The molecule has 1 amide bonds. The molecule has 8 nitrogen and oxygen atoms in total. The molecule has 3 aromatic rings. The molecule has 0 unspecified atom stereocenters. The summed E-state index contributed by atoms with van der Waals surface area (Å²) in [5, 5.41) is 9.71. The Hall–Kier alpha value is -4.04. The van der Waals surface area contributed by atoms with Crippen molar-refractivity contribution < 1.29 is 24.0 Å². The monoisotopic (exact) mass is 545 g/mol. The lowest BCUT2D eigenvalue weighted by Crippen LogP contribution is -2.56. The summed E-state index contributed by atoms with van der Waals surface area (Å²) in [6, 6.07) is 11.1. The highest BCUT2D eigenvalue weighted by molar-refractivity contribution is 6.31. The molecule has 2 aromatic heterocycles. The fraction of sp³-hybridized carbons (Fsp3) is 0.300. The topological polar surface area (TPSA) is 96.5 Å². The molecule has 39 heavy (non-hydrogen) atoms. The van der Waals surface area contributed by atoms with Crippen molar-refractivity contribution in [3.63, 3.8) is 0 Å². The van der Waals surface area contributed by atoms with Gasteiger partial charge in [0, 0.05) is 40.9 Å². The van der Waals surface area contributed by atoms with Gasteiger partial charge in [0.2, 0.25) is 17.1 Å². The van der Waals surface area contributed by atoms with E-state index in [2.05, 4.69) is 9.55 Å². The van der Waals surface area contributed by atoms with E-state index in [1.165, 1.54) is 0 Å². The number of halogens is 1. The largest absolute Gasteiger partial charge is 0.481 e. The van der Waals surface area contributed by atoms with Gasteiger partial charge in [0.1, 0.15) is 24.4 Å². The lowest BCUT2D eigenvalue weighted by Gasteiger charge is -2.38. The summed E-state index contributed by atoms with van der Waals surface area (Å²) in [5.74, 6) is -0.308. The molecular formula is C30H30ClN4O4+. The number of ether oxygens (including phenoxy) is 1. The van der Waals surface area contributed by atoms with Gasteiger partial charge < -0.3 is 14.7 Å². The highest BCUT2D eigenvalue weighted by atomic mass is 35.5. The van der Waals surface area contributed by atoms with E-state index in [0.717, 1.165) is 28.0 Å². The lowest BCUT2D eigenvalue weighted by molar-refractivity contribution is -0.648. The van der Waals surface area contributed by atoms with E-state index >= 15 is 0 Å². The average molecular weight is 546 g/mol. The Labute approximate surface area is 231 Å². The first-order valence-electron chi connectivity index (χ1n) is 13.0. The standard InChI is InChI=1S/C30H29ClN4O4/c1-34-26-15-13-21(30(38)35-18-23(19-35)39-27-10-4-5-16-32-27)17-25(26)33-24(9-2-3-11-28(36)37)29(34)20-7-6-8-22(31)14-12-20/h4-6,8,10,12-17,23H,2-3,7,9,11,18-19H2,1H3/p+1. The number of likely N-dealkylation sites (tertiary alicyclic amines) is 1. The fourth-order valence-electron chi connectivity index (χ4n) is 4.91. The van der Waals surface area contributed by atoms with Crippen LogP contribution in [0, 0.1) is 0 Å². The first-order valence-corrected chi connectivity index (χ1v) is 13.4. The summed E-state index contributed by atoms with van der Waals surface area (Å²) in [7, 11) is 2.00. The van der Waals surface area contributed by atoms with E-state index in [1.807, 2.05) is 61.7 Å². The molecule has 1 fully saturated rings. The Morgan fingerprint density at radius 3 is 2.79 bits per heavy atom. The number of fused-ring (bicyclic) bond motifs is 1. The Kier molecular flexibility index (Phi) is 8.02. The first-order chi connectivity index (χ1) is 18.9. The van der Waals surface area contributed by atoms with E-state index in [9.17, 15) is 9.59 Å². The predicted molar refractivity (Wildman–Crippen MR) is 148 cm³/mol. The number of allylic oxidation sites excluding steroid dienone is 6. The second-order valence-electron chi connectivity index (χ2n) is 9.74. The van der Waals surface area contributed by atoms with Gasteiger partial charge in [-0.3, -0.25) is 9.59 Å². The Bertz CT molecular complexity index is 1490. The molecule has 1 saturated heterocycles. The van der Waals surface area contributed by atoms with Crippen LogP contribution in [0.5, 0.6) is 5.88 Å². The molecule has 0 saturated carbocycles. The third kappa shape index (κ3) is 6.17. The molecule has 0 atom stereocenters. The molecule has 1 aliphatic carbocycles. The number of carbonyl (C=O) groups is 2. The van der Waals surface area contributed by atoms with Crippen LogP contribution in [0.15, 0.2) is 71.9 Å². The van der Waals surface area contributed by atoms with Crippen molar-refractivity contribution in [3.05, 3.63) is 88.9 Å². The van der Waals surface area contributed by atoms with Crippen molar-refractivity contribution in [2.75, 3.05) is 13.1 Å². The summed E-state index contributed by atoms with van der Waals surface area (Å²) in [5.41, 5.74) is 5.13. The highest BCUT2D eigenvalue weighted by Crippen LogP contribution is 2.27. The molecule has 5 rings (SSSR count). The van der Waals surface area contributed by atoms with Crippen molar-refractivity contribution in [1.82, 2.24) is 14.9 Å². The van der Waals surface area contributed by atoms with Crippen LogP contribution >= 0.6 is 11.6 Å². The van der Waals surface area contributed by atoms with Crippen LogP contribution in [0.3, 0.4) is 0 Å². The zero-order valence-electron chi connectivity index (χ0n) is 21.7. The number of aromatic nitrogens is 3. The molecule has 0 radical (unpaired) electrons. The second-order valence-corrected chi connectivity index (χ2v) is 10.2. The number of pyridine rings is 1. The van der Waals surface area contributed by atoms with Crippen LogP contribution in [0.4, 0.5) is 0 Å². The van der Waals surface area contributed by atoms with Crippen LogP contribution in [-0.4, -0.2) is 51.0 Å². The number of unbranched alkanes of at least 4 members (excludes halogenated alkanes) is 1. The Morgan fingerprint density at radius 1 is 1.18 bits per heavy atom. The predicted octanol–water partition coefficient (Wildman–Crippen LogP) is 4.62. The third-order valence-electron chi connectivity index (χ3n) is 6.93. The van der Waals surface area contributed by atoms with Crippen molar-refractivity contribution in [3.8, 4) is 5.88 Å². The van der Waals surface area contributed by atoms with E-state index in [0.29, 0.717) is 55.2 Å². The maximum Gasteiger partial charge on any atom is 0.303 e. The summed E-state index contributed by atoms with van der Waals surface area (Å²) >= 11 is 6.22. The van der Waals surface area contributed by atoms with Gasteiger partial charge in [0.05, 0.1) is 13.1 Å². The summed E-state index contributed by atoms with van der Waals surface area (Å²) in [4.78, 5) is 35.2. The van der Waals surface area contributed by atoms with Gasteiger partial charge >= 0.3 is 5.97 Å². The van der Waals surface area contributed by atoms with Gasteiger partial charge in [0.15, 0.2) is 0 Å². The molecule has 200 valence electrons. The van der Waals surface area contributed by atoms with Crippen molar-refractivity contribution in [2.24, 2.45) is 7.05 Å². The number of hydrogen-bond donors (Lipinski definition) is 1. The second kappa shape index (κ2) is 11.8. The van der Waals surface area contributed by atoms with E-state index < -0.39 is 5.97 Å². The number of nitrogens with zero attached hydrogens (tertiary/aromatic N) is 4. The van der Waals surface area contributed by atoms with Crippen molar-refractivity contribution in [2.45, 2.75) is 38.2 Å². The van der Waals surface area contributed by atoms with Crippen LogP contribution in [0.1, 0.15) is 47.4 Å². The number of rotatable bonds is 9. The number of hydrogen-bond acceptors (Lipinski definition) is 5. The molecule has 9 heteroatoms. The molecule has 1 aromatic carbocycles. The molecule has 3 heterocycles. The number of carboxylic acid groups (broad SMARTS) is 1. The van der Waals surface area contributed by atoms with Gasteiger partial charge in [-0.1, -0.05) is 29.8 Å². The highest BCUT2D eigenvalue weighted by Gasteiger charge is 2.33. The third-order valence-corrected chi connectivity index (χ3v) is 7.18. The Morgan fingerprint density at radius 2 is 2.03 bits per heavy atom. The van der Waals surface area contributed by atoms with E-state index in [1.54, 1.807) is 17.2 Å². The number of aliphatic carboxylic acids is 1. The molecular weight excluding hydrogens is 516 g/mol. The van der Waals surface area contributed by atoms with Gasteiger partial charge in [-0.05, 0) is 56.0 Å². The summed E-state index contributed by atoms with van der Waals surface area (Å²) in [6.07, 6.45) is 12.1. The molecule has 1 aliphatic heterocycles. The quantitative estimate of drug-likeness (QED) is 0.311. The first kappa shape index (κ1) is 26.6. The maximum absolute atomic E-state index is 13.2. The average Bonchev–Trinajstić information content (AvgIpc) is 3.12. The van der Waals surface area contributed by atoms with Crippen LogP contribution in [-0.2, 0) is 18.3 Å². The van der Waals surface area contributed by atoms with Crippen molar-refractivity contribution >= 4 is 40.1 Å². The van der Waals surface area contributed by atoms with Gasteiger partial charge in [-0.25, -0.2) is 9.97 Å². The Balaban J connectivity index is 1.40. The van der Waals surface area contributed by atoms with Crippen LogP contribution < -0.4 is 9.30 Å². The lowest BCUT2D eigenvalue weighted by atomic mass is 10.0. The zero-order valence-corrected chi connectivity index (χ0v) is 22.5. The SMILES string of the molecule is C[n+]1c(C2=CC=C(Cl)C=CC2)c(CCCCC(=O)O)nc2cc(C(=O)N3CC(Oc4ccccn4)C3)ccc21. The maximum atomic E-state index is 13.2. The molecule has 1 N–H and O–H groups in total. The minimum Gasteiger partial charge on any atom is -0.481 e. The van der Waals surface area contributed by atoms with Gasteiger partial charge in [0.25, 0.3) is 5.91 Å². The van der Waals surface area contributed by atoms with E-state index in [4.69, 9.17) is 26.4 Å². The van der Waals surface area contributed by atoms with E-state index in [-0.39, 0.29) is 18.4 Å². The normalized spacial score (nSPS) is 15.4. The minimum absolute atomic E-state index is 0.0642. The van der Waals surface area contributed by atoms with Crippen LogP contribution in [0.2, 0.25) is 0 Å². The summed E-state index contributed by atoms with van der Waals surface area (Å²) < 4.78 is 7.94. The fourth-order valence-corrected chi connectivity index (χ4v) is 5.06. The van der Waals surface area contributed by atoms with Crippen molar-refractivity contribution in [1.29, 1.82) is 0 Å².